The quantitative estimate of drug-likeness (QED) is 0.374. The summed E-state index contributed by atoms with van der Waals surface area (Å²) in [5.74, 6) is 1.42. The lowest BCUT2D eigenvalue weighted by molar-refractivity contribution is -0.378. The van der Waals surface area contributed by atoms with Crippen molar-refractivity contribution in [1.82, 2.24) is 0 Å². The number of nitrogens with one attached hydrogen (secondary N) is 2. The first-order valence-corrected chi connectivity index (χ1v) is 10.9. The van der Waals surface area contributed by atoms with Gasteiger partial charge in [-0.2, -0.15) is 0 Å². The maximum absolute atomic E-state index is 6.20. The Balaban J connectivity index is 1.67. The van der Waals surface area contributed by atoms with E-state index >= 15 is 0 Å². The van der Waals surface area contributed by atoms with Crippen LogP contribution < -0.4 is 9.97 Å². The molecule has 0 unspecified atom stereocenters. The molecule has 0 radical (unpaired) electrons. The number of hydrogen-bond donors (Lipinski definition) is 0. The molecule has 1 fully saturated rings. The minimum Gasteiger partial charge on any atom is -0.218 e. The molecule has 4 atom stereocenters. The topological polar surface area (TPSA) is 28.3 Å². The summed E-state index contributed by atoms with van der Waals surface area (Å²) in [6.07, 6.45) is 8.05. The van der Waals surface area contributed by atoms with Crippen LogP contribution in [0.5, 0.6) is 0 Å². The van der Waals surface area contributed by atoms with Gasteiger partial charge in [-0.1, -0.05) is 47.5 Å². The Morgan fingerprint density at radius 3 is 0.967 bits per heavy atom. The molecule has 30 heavy (non-hydrogen) atoms. The van der Waals surface area contributed by atoms with Crippen molar-refractivity contribution in [2.75, 3.05) is 0 Å². The van der Waals surface area contributed by atoms with Gasteiger partial charge in [-0.05, 0) is 70.2 Å². The Kier molecular flexibility index (Phi) is 5.28. The summed E-state index contributed by atoms with van der Waals surface area (Å²) in [6.45, 7) is 0. The summed E-state index contributed by atoms with van der Waals surface area (Å²) in [7, 11) is 0. The van der Waals surface area contributed by atoms with Gasteiger partial charge >= 0.3 is 0 Å². The molecule has 2 aromatic carbocycles. The molecule has 4 heteroatoms. The van der Waals surface area contributed by atoms with Crippen LogP contribution in [0, 0.1) is 0 Å². The Hall–Kier alpha value is -2.68. The molecule has 2 aromatic heterocycles. The van der Waals surface area contributed by atoms with Crippen LogP contribution in [0.25, 0.3) is 0 Å². The predicted molar refractivity (Wildman–Crippen MR) is 120 cm³/mol. The van der Waals surface area contributed by atoms with Gasteiger partial charge < -0.3 is 0 Å². The van der Waals surface area contributed by atoms with Gasteiger partial charge in [0.25, 0.3) is 0 Å². The van der Waals surface area contributed by atoms with Gasteiger partial charge in [0.15, 0.2) is 24.8 Å². The summed E-state index contributed by atoms with van der Waals surface area (Å²) in [5.41, 5.74) is 5.32. The molecule has 148 valence electrons. The third kappa shape index (κ3) is 3.51. The minimum absolute atomic E-state index is 0.347. The maximum Gasteiger partial charge on any atom is 0.167 e. The number of aromatic nitrogens is 2. The highest BCUT2D eigenvalue weighted by atomic mass is 35.5. The Bertz CT molecular complexity index is 1020. The highest BCUT2D eigenvalue weighted by Gasteiger charge is 2.52. The zero-order valence-electron chi connectivity index (χ0n) is 16.3. The first-order chi connectivity index (χ1) is 14.7. The van der Waals surface area contributed by atoms with Crippen LogP contribution in [0.3, 0.4) is 0 Å². The van der Waals surface area contributed by atoms with E-state index in [1.54, 1.807) is 0 Å². The van der Waals surface area contributed by atoms with Crippen LogP contribution in [0.15, 0.2) is 97.6 Å². The summed E-state index contributed by atoms with van der Waals surface area (Å²) >= 11 is 12.4. The summed E-state index contributed by atoms with van der Waals surface area (Å²) in [6, 6.07) is 25.5. The summed E-state index contributed by atoms with van der Waals surface area (Å²) in [4.78, 5) is 6.33. The molecule has 2 N–H and O–H groups in total. The maximum atomic E-state index is 6.20. The molecule has 2 heterocycles. The Labute approximate surface area is 186 Å². The van der Waals surface area contributed by atoms with E-state index in [0.717, 1.165) is 10.0 Å². The molecular formula is C26H22Cl2N2+2. The highest BCUT2D eigenvalue weighted by molar-refractivity contribution is 6.30. The van der Waals surface area contributed by atoms with Crippen molar-refractivity contribution in [3.05, 3.63) is 130 Å². The van der Waals surface area contributed by atoms with Crippen LogP contribution in [0.2, 0.25) is 10.0 Å². The molecule has 1 saturated carbocycles. The number of benzene rings is 2. The number of hydrogen-bond acceptors (Lipinski definition) is 0. The van der Waals surface area contributed by atoms with Crippen molar-refractivity contribution in [3.63, 3.8) is 0 Å². The standard InChI is InChI=1S/C26H20Cl2N2/c27-21-5-1-17(2-6-21)23-24(18-3-7-22(28)8-4-18)26(20-11-15-30-16-12-20)25(23)19-9-13-29-14-10-19/h1-16,23-26H/p+2/t23-,24+,25+,26-. The van der Waals surface area contributed by atoms with Crippen molar-refractivity contribution < 1.29 is 9.97 Å². The van der Waals surface area contributed by atoms with E-state index in [4.69, 9.17) is 23.2 Å². The third-order valence-electron chi connectivity index (χ3n) is 6.32. The van der Waals surface area contributed by atoms with E-state index in [-0.39, 0.29) is 0 Å². The zero-order chi connectivity index (χ0) is 20.5. The van der Waals surface area contributed by atoms with Crippen molar-refractivity contribution in [1.29, 1.82) is 0 Å². The lowest BCUT2D eigenvalue weighted by atomic mass is 9.49. The van der Waals surface area contributed by atoms with Crippen molar-refractivity contribution in [3.8, 4) is 0 Å². The molecule has 5 rings (SSSR count). The van der Waals surface area contributed by atoms with Gasteiger partial charge in [0.1, 0.15) is 0 Å². The highest BCUT2D eigenvalue weighted by Crippen LogP contribution is 2.66. The molecule has 0 spiro atoms. The number of pyridine rings is 2. The predicted octanol–water partition coefficient (Wildman–Crippen LogP) is 6.07. The van der Waals surface area contributed by atoms with Gasteiger partial charge in [0.2, 0.25) is 0 Å². The minimum atomic E-state index is 0.347. The smallest absolute Gasteiger partial charge is 0.167 e. The largest absolute Gasteiger partial charge is 0.218 e. The van der Waals surface area contributed by atoms with Crippen LogP contribution in [0.1, 0.15) is 45.9 Å². The monoisotopic (exact) mass is 432 g/mol. The van der Waals surface area contributed by atoms with Gasteiger partial charge in [-0.15, -0.1) is 0 Å². The van der Waals surface area contributed by atoms with Gasteiger partial charge in [-0.25, -0.2) is 9.97 Å². The molecule has 0 amide bonds. The van der Waals surface area contributed by atoms with Crippen molar-refractivity contribution >= 4 is 23.2 Å². The molecular weight excluding hydrogens is 411 g/mol. The fourth-order valence-corrected chi connectivity index (χ4v) is 5.27. The van der Waals surface area contributed by atoms with E-state index < -0.39 is 0 Å². The summed E-state index contributed by atoms with van der Waals surface area (Å²) < 4.78 is 0. The van der Waals surface area contributed by atoms with Gasteiger partial charge in [0.05, 0.1) is 0 Å². The zero-order valence-corrected chi connectivity index (χ0v) is 17.8. The van der Waals surface area contributed by atoms with Crippen LogP contribution in [0.4, 0.5) is 0 Å². The lowest BCUT2D eigenvalue weighted by Gasteiger charge is -2.53. The molecule has 1 aliphatic carbocycles. The fraction of sp³-hybridized carbons (Fsp3) is 0.154. The molecule has 1 aliphatic rings. The molecule has 4 aromatic rings. The average Bonchev–Trinajstić information content (AvgIpc) is 2.77. The second-order valence-corrected chi connectivity index (χ2v) is 8.75. The van der Waals surface area contributed by atoms with Crippen molar-refractivity contribution in [2.45, 2.75) is 23.7 Å². The van der Waals surface area contributed by atoms with E-state index in [0.29, 0.717) is 23.7 Å². The van der Waals surface area contributed by atoms with Crippen molar-refractivity contribution in [2.24, 2.45) is 0 Å². The molecule has 0 aliphatic heterocycles. The first kappa shape index (κ1) is 19.3. The lowest BCUT2D eigenvalue weighted by Crippen LogP contribution is -2.40. The van der Waals surface area contributed by atoms with E-state index in [1.165, 1.54) is 22.3 Å². The van der Waals surface area contributed by atoms with E-state index in [9.17, 15) is 0 Å². The number of halogens is 2. The average molecular weight is 433 g/mol. The van der Waals surface area contributed by atoms with E-state index in [1.807, 2.05) is 49.1 Å². The first-order valence-electron chi connectivity index (χ1n) is 10.2. The second kappa shape index (κ2) is 8.22. The number of H-pyrrole nitrogens is 2. The van der Waals surface area contributed by atoms with Gasteiger partial charge in [0, 0.05) is 34.3 Å². The molecule has 0 saturated heterocycles. The van der Waals surface area contributed by atoms with E-state index in [2.05, 4.69) is 58.5 Å². The summed E-state index contributed by atoms with van der Waals surface area (Å²) in [5, 5.41) is 1.53. The second-order valence-electron chi connectivity index (χ2n) is 7.87. The normalized spacial score (nSPS) is 23.0. The molecule has 2 nitrogen and oxygen atoms in total. The Morgan fingerprint density at radius 1 is 0.400 bits per heavy atom. The SMILES string of the molecule is Clc1ccc([C@@H]2[C@@H](c3cc[nH+]cc3)[C@@H](c3cc[nH+]cc3)[C@@H]2c2ccc(Cl)cc2)cc1. The van der Waals surface area contributed by atoms with Crippen LogP contribution in [-0.4, -0.2) is 0 Å². The number of aromatic amines is 2. The van der Waals surface area contributed by atoms with Gasteiger partial charge in [-0.3, -0.25) is 0 Å². The molecule has 0 bridgehead atoms. The third-order valence-corrected chi connectivity index (χ3v) is 6.82. The fourth-order valence-electron chi connectivity index (χ4n) is 5.02. The number of rotatable bonds is 4. The van der Waals surface area contributed by atoms with Crippen LogP contribution in [-0.2, 0) is 0 Å². The van der Waals surface area contributed by atoms with Crippen LogP contribution >= 0.6 is 23.2 Å². The Morgan fingerprint density at radius 2 is 0.667 bits per heavy atom.